The molecule has 0 saturated carbocycles. The van der Waals surface area contributed by atoms with Crippen LogP contribution < -0.4 is 16.0 Å². The summed E-state index contributed by atoms with van der Waals surface area (Å²) in [6.07, 6.45) is 3.50. The maximum Gasteiger partial charge on any atom is 0.331 e. The minimum absolute atomic E-state index is 0.0432. The van der Waals surface area contributed by atoms with E-state index in [0.717, 1.165) is 30.3 Å². The number of fused-ring (bicyclic) bond motifs is 1. The van der Waals surface area contributed by atoms with Gasteiger partial charge >= 0.3 is 5.69 Å². The van der Waals surface area contributed by atoms with Gasteiger partial charge < -0.3 is 9.64 Å². The zero-order valence-corrected chi connectivity index (χ0v) is 18.9. The summed E-state index contributed by atoms with van der Waals surface area (Å²) in [5.41, 5.74) is -0.808. The molecule has 0 radical (unpaired) electrons. The average molecular weight is 465 g/mol. The zero-order chi connectivity index (χ0) is 22.9. The van der Waals surface area contributed by atoms with Crippen LogP contribution in [-0.2, 0) is 33.1 Å². The van der Waals surface area contributed by atoms with Crippen LogP contribution in [0.4, 0.5) is 0 Å². The predicted octanol–water partition coefficient (Wildman–Crippen LogP) is 0.170. The van der Waals surface area contributed by atoms with Crippen molar-refractivity contribution in [3.63, 3.8) is 0 Å². The molecule has 11 heteroatoms. The van der Waals surface area contributed by atoms with Crippen molar-refractivity contribution in [2.45, 2.75) is 49.6 Å². The quantitative estimate of drug-likeness (QED) is 0.624. The van der Waals surface area contributed by atoms with Gasteiger partial charge in [-0.15, -0.1) is 0 Å². The van der Waals surface area contributed by atoms with Gasteiger partial charge in [0, 0.05) is 46.3 Å². The largest absolute Gasteiger partial charge is 0.377 e. The van der Waals surface area contributed by atoms with Crippen molar-refractivity contribution in [3.05, 3.63) is 39.0 Å². The van der Waals surface area contributed by atoms with Gasteiger partial charge in [-0.05, 0) is 43.9 Å². The van der Waals surface area contributed by atoms with Crippen molar-refractivity contribution in [2.75, 3.05) is 26.2 Å². The van der Waals surface area contributed by atoms with Crippen LogP contribution in [0, 0.1) is 0 Å². The monoisotopic (exact) mass is 464 g/mol. The molecule has 2 saturated heterocycles. The fraction of sp³-hybridized carbons (Fsp3) is 0.571. The third-order valence-corrected chi connectivity index (χ3v) is 7.59. The van der Waals surface area contributed by atoms with Gasteiger partial charge in [-0.25, -0.2) is 17.9 Å². The van der Waals surface area contributed by atoms with Crippen LogP contribution in [0.3, 0.4) is 0 Å². The Morgan fingerprint density at radius 1 is 1.19 bits per heavy atom. The molecule has 1 aromatic heterocycles. The lowest BCUT2D eigenvalue weighted by atomic mass is 10.2. The molecule has 2 fully saturated rings. The lowest BCUT2D eigenvalue weighted by Gasteiger charge is -2.16. The Morgan fingerprint density at radius 3 is 2.62 bits per heavy atom. The Hall–Kier alpha value is -2.50. The maximum absolute atomic E-state index is 13.1. The lowest BCUT2D eigenvalue weighted by molar-refractivity contribution is -0.130. The second kappa shape index (κ2) is 9.16. The van der Waals surface area contributed by atoms with Gasteiger partial charge in [-0.3, -0.25) is 18.7 Å². The average Bonchev–Trinajstić information content (AvgIpc) is 3.50. The van der Waals surface area contributed by atoms with Crippen LogP contribution in [0.15, 0.2) is 32.7 Å². The minimum atomic E-state index is -3.85. The summed E-state index contributed by atoms with van der Waals surface area (Å²) >= 11 is 0. The molecule has 1 aromatic carbocycles. The number of nitrogens with zero attached hydrogens (tertiary/aromatic N) is 3. The number of ether oxygens (including phenoxy) is 1. The molecule has 0 unspecified atom stereocenters. The van der Waals surface area contributed by atoms with E-state index < -0.39 is 21.3 Å². The Kier molecular flexibility index (Phi) is 6.50. The third kappa shape index (κ3) is 4.50. The first-order valence-corrected chi connectivity index (χ1v) is 12.4. The fourth-order valence-electron chi connectivity index (χ4n) is 4.28. The van der Waals surface area contributed by atoms with E-state index in [0.29, 0.717) is 25.2 Å². The van der Waals surface area contributed by atoms with E-state index in [2.05, 4.69) is 4.72 Å². The number of likely N-dealkylation sites (tertiary alicyclic amines) is 1. The van der Waals surface area contributed by atoms with Gasteiger partial charge in [0.05, 0.1) is 21.9 Å². The van der Waals surface area contributed by atoms with Crippen molar-refractivity contribution < 1.29 is 17.9 Å². The first-order chi connectivity index (χ1) is 15.3. The van der Waals surface area contributed by atoms with E-state index in [-0.39, 0.29) is 41.8 Å². The standard InChI is InChI=1S/C21H28N4O6S/c1-23-18-7-6-16(32(29,30)22-14-15-5-4-12-31-15)13-17(18)20(27)25(21(23)28)11-8-19(26)24-9-2-3-10-24/h6-7,13,15,22H,2-5,8-12,14H2,1H3/t15-/m0/s1. The van der Waals surface area contributed by atoms with Gasteiger partial charge in [-0.1, -0.05) is 0 Å². The van der Waals surface area contributed by atoms with E-state index >= 15 is 0 Å². The first-order valence-electron chi connectivity index (χ1n) is 10.9. The van der Waals surface area contributed by atoms with E-state index in [1.165, 1.54) is 29.8 Å². The van der Waals surface area contributed by atoms with Gasteiger partial charge in [0.2, 0.25) is 15.9 Å². The summed E-state index contributed by atoms with van der Waals surface area (Å²) in [4.78, 5) is 39.8. The Balaban J connectivity index is 1.62. The molecule has 0 aliphatic carbocycles. The molecular weight excluding hydrogens is 436 g/mol. The van der Waals surface area contributed by atoms with Crippen LogP contribution >= 0.6 is 0 Å². The number of hydrogen-bond acceptors (Lipinski definition) is 6. The number of nitrogens with one attached hydrogen (secondary N) is 1. The number of sulfonamides is 1. The molecule has 2 aliphatic heterocycles. The van der Waals surface area contributed by atoms with Crippen molar-refractivity contribution in [1.29, 1.82) is 0 Å². The highest BCUT2D eigenvalue weighted by Crippen LogP contribution is 2.17. The van der Waals surface area contributed by atoms with Crippen molar-refractivity contribution in [2.24, 2.45) is 7.05 Å². The molecule has 174 valence electrons. The molecule has 0 spiro atoms. The van der Waals surface area contributed by atoms with E-state index in [1.54, 1.807) is 4.90 Å². The number of aromatic nitrogens is 2. The Morgan fingerprint density at radius 2 is 1.94 bits per heavy atom. The van der Waals surface area contributed by atoms with E-state index in [4.69, 9.17) is 4.74 Å². The molecular formula is C21H28N4O6S. The van der Waals surface area contributed by atoms with Crippen LogP contribution in [0.25, 0.3) is 10.9 Å². The summed E-state index contributed by atoms with van der Waals surface area (Å²) in [6.45, 7) is 2.13. The Bertz CT molecular complexity index is 1240. The van der Waals surface area contributed by atoms with Crippen molar-refractivity contribution >= 4 is 26.8 Å². The summed E-state index contributed by atoms with van der Waals surface area (Å²) in [7, 11) is -2.33. The van der Waals surface area contributed by atoms with E-state index in [9.17, 15) is 22.8 Å². The predicted molar refractivity (Wildman–Crippen MR) is 118 cm³/mol. The third-order valence-electron chi connectivity index (χ3n) is 6.17. The molecule has 1 atom stereocenters. The molecule has 4 rings (SSSR count). The molecule has 2 aliphatic rings. The molecule has 10 nitrogen and oxygen atoms in total. The highest BCUT2D eigenvalue weighted by Gasteiger charge is 2.22. The summed E-state index contributed by atoms with van der Waals surface area (Å²) < 4.78 is 35.8. The molecule has 1 amide bonds. The zero-order valence-electron chi connectivity index (χ0n) is 18.1. The van der Waals surface area contributed by atoms with Crippen molar-refractivity contribution in [1.82, 2.24) is 18.8 Å². The highest BCUT2D eigenvalue weighted by atomic mass is 32.2. The lowest BCUT2D eigenvalue weighted by Crippen LogP contribution is -2.40. The number of carbonyl (C=O) groups is 1. The molecule has 1 N–H and O–H groups in total. The normalized spacial score (nSPS) is 19.2. The SMILES string of the molecule is Cn1c(=O)n(CCC(=O)N2CCCC2)c(=O)c2cc(S(=O)(=O)NC[C@@H]3CCCO3)ccc21. The van der Waals surface area contributed by atoms with Crippen LogP contribution in [0.1, 0.15) is 32.1 Å². The smallest absolute Gasteiger partial charge is 0.331 e. The highest BCUT2D eigenvalue weighted by molar-refractivity contribution is 7.89. The summed E-state index contributed by atoms with van der Waals surface area (Å²) in [5, 5.41) is 0.112. The summed E-state index contributed by atoms with van der Waals surface area (Å²) in [5.74, 6) is -0.0915. The van der Waals surface area contributed by atoms with Gasteiger partial charge in [-0.2, -0.15) is 0 Å². The molecule has 3 heterocycles. The maximum atomic E-state index is 13.1. The Labute approximate surface area is 185 Å². The second-order valence-corrected chi connectivity index (χ2v) is 10.1. The number of hydrogen-bond donors (Lipinski definition) is 1. The van der Waals surface area contributed by atoms with Crippen LogP contribution in [-0.4, -0.2) is 60.7 Å². The molecule has 32 heavy (non-hydrogen) atoms. The molecule has 0 bridgehead atoms. The summed E-state index contributed by atoms with van der Waals surface area (Å²) in [6, 6.07) is 4.12. The number of amides is 1. The fourth-order valence-corrected chi connectivity index (χ4v) is 5.38. The molecule has 2 aromatic rings. The van der Waals surface area contributed by atoms with Crippen LogP contribution in [0.2, 0.25) is 0 Å². The van der Waals surface area contributed by atoms with Gasteiger partial charge in [0.25, 0.3) is 5.56 Å². The van der Waals surface area contributed by atoms with Gasteiger partial charge in [0.15, 0.2) is 0 Å². The minimum Gasteiger partial charge on any atom is -0.377 e. The number of benzene rings is 1. The van der Waals surface area contributed by atoms with E-state index in [1.807, 2.05) is 0 Å². The second-order valence-electron chi connectivity index (χ2n) is 8.30. The van der Waals surface area contributed by atoms with Gasteiger partial charge in [0.1, 0.15) is 0 Å². The topological polar surface area (TPSA) is 120 Å². The number of aryl methyl sites for hydroxylation is 1. The van der Waals surface area contributed by atoms with Crippen LogP contribution in [0.5, 0.6) is 0 Å². The number of rotatable bonds is 7. The number of carbonyl (C=O) groups excluding carboxylic acids is 1. The van der Waals surface area contributed by atoms with Crippen molar-refractivity contribution in [3.8, 4) is 0 Å². The first kappa shape index (κ1) is 22.7.